The Bertz CT molecular complexity index is 982. The first-order valence-electron chi connectivity index (χ1n) is 10.0. The highest BCUT2D eigenvalue weighted by molar-refractivity contribution is 6.33. The Balaban J connectivity index is 1.46. The molecule has 2 aliphatic rings. The Morgan fingerprint density at radius 1 is 1.10 bits per heavy atom. The lowest BCUT2D eigenvalue weighted by molar-refractivity contribution is -0.146. The Labute approximate surface area is 180 Å². The lowest BCUT2D eigenvalue weighted by Crippen LogP contribution is -2.49. The van der Waals surface area contributed by atoms with Crippen LogP contribution in [0.4, 0.5) is 5.69 Å². The highest BCUT2D eigenvalue weighted by Gasteiger charge is 2.44. The predicted molar refractivity (Wildman–Crippen MR) is 116 cm³/mol. The van der Waals surface area contributed by atoms with E-state index >= 15 is 0 Å². The molecule has 2 aromatic rings. The van der Waals surface area contributed by atoms with Crippen LogP contribution in [0.2, 0.25) is 5.02 Å². The number of carbonyl (C=O) groups excluding carboxylic acids is 1. The second kappa shape index (κ2) is 8.44. The summed E-state index contributed by atoms with van der Waals surface area (Å²) in [6, 6.07) is 10.9. The molecule has 1 saturated heterocycles. The lowest BCUT2D eigenvalue weighted by atomic mass is 9.77. The number of benzene rings is 1. The molecule has 1 amide bonds. The maximum Gasteiger partial charge on any atom is 0.331 e. The summed E-state index contributed by atoms with van der Waals surface area (Å²) >= 11 is 6.17. The second-order valence-electron chi connectivity index (χ2n) is 7.62. The SMILES string of the molecule is O=C(c1ccccc1Cl)N1CCN(c2cccnc2C=NC2(C(=O)O)CCC2)CC1. The number of carboxylic acid groups (broad SMARTS) is 1. The van der Waals surface area contributed by atoms with E-state index in [0.717, 1.165) is 12.1 Å². The molecule has 7 nitrogen and oxygen atoms in total. The van der Waals surface area contributed by atoms with Crippen molar-refractivity contribution in [1.82, 2.24) is 9.88 Å². The van der Waals surface area contributed by atoms with Crippen LogP contribution in [0, 0.1) is 0 Å². The van der Waals surface area contributed by atoms with Crippen LogP contribution in [-0.4, -0.2) is 64.8 Å². The summed E-state index contributed by atoms with van der Waals surface area (Å²) < 4.78 is 0. The zero-order chi connectivity index (χ0) is 21.1. The largest absolute Gasteiger partial charge is 0.479 e. The van der Waals surface area contributed by atoms with Crippen molar-refractivity contribution in [1.29, 1.82) is 0 Å². The molecule has 30 heavy (non-hydrogen) atoms. The van der Waals surface area contributed by atoms with Crippen molar-refractivity contribution in [2.24, 2.45) is 4.99 Å². The number of piperazine rings is 1. The first kappa shape index (κ1) is 20.3. The second-order valence-corrected chi connectivity index (χ2v) is 8.02. The maximum absolute atomic E-state index is 12.8. The minimum Gasteiger partial charge on any atom is -0.479 e. The van der Waals surface area contributed by atoms with E-state index < -0.39 is 11.5 Å². The van der Waals surface area contributed by atoms with Gasteiger partial charge in [0.25, 0.3) is 5.91 Å². The van der Waals surface area contributed by atoms with Crippen LogP contribution in [0.15, 0.2) is 47.6 Å². The van der Waals surface area contributed by atoms with Gasteiger partial charge in [-0.05, 0) is 43.5 Å². The fraction of sp³-hybridized carbons (Fsp3) is 0.364. The summed E-state index contributed by atoms with van der Waals surface area (Å²) in [6.45, 7) is 2.42. The number of nitrogens with zero attached hydrogens (tertiary/aromatic N) is 4. The van der Waals surface area contributed by atoms with Crippen LogP contribution < -0.4 is 4.90 Å². The van der Waals surface area contributed by atoms with Crippen molar-refractivity contribution in [3.8, 4) is 0 Å². The topological polar surface area (TPSA) is 86.1 Å². The van der Waals surface area contributed by atoms with E-state index in [9.17, 15) is 14.7 Å². The standard InChI is InChI=1S/C22H23ClN4O3/c23-17-6-2-1-5-16(17)20(28)27-13-11-26(12-14-27)19-7-3-10-24-18(19)15-25-22(21(29)30)8-4-9-22/h1-3,5-7,10,15H,4,8-9,11-14H2,(H,29,30). The van der Waals surface area contributed by atoms with Crippen LogP contribution in [0.3, 0.4) is 0 Å². The smallest absolute Gasteiger partial charge is 0.331 e. The van der Waals surface area contributed by atoms with E-state index in [0.29, 0.717) is 55.3 Å². The van der Waals surface area contributed by atoms with Gasteiger partial charge < -0.3 is 14.9 Å². The number of aromatic nitrogens is 1. The highest BCUT2D eigenvalue weighted by Crippen LogP contribution is 2.36. The third kappa shape index (κ3) is 3.89. The molecule has 4 rings (SSSR count). The van der Waals surface area contributed by atoms with Gasteiger partial charge in [-0.3, -0.25) is 14.8 Å². The lowest BCUT2D eigenvalue weighted by Gasteiger charge is -2.37. The van der Waals surface area contributed by atoms with Gasteiger partial charge >= 0.3 is 5.97 Å². The average molecular weight is 427 g/mol. The van der Waals surface area contributed by atoms with E-state index in [1.165, 1.54) is 0 Å². The molecule has 156 valence electrons. The number of amides is 1. The van der Waals surface area contributed by atoms with Gasteiger partial charge in [0, 0.05) is 32.4 Å². The summed E-state index contributed by atoms with van der Waals surface area (Å²) in [6.07, 6.45) is 5.26. The Morgan fingerprint density at radius 3 is 2.47 bits per heavy atom. The number of halogens is 1. The summed E-state index contributed by atoms with van der Waals surface area (Å²) in [5.74, 6) is -0.948. The van der Waals surface area contributed by atoms with Crippen LogP contribution in [-0.2, 0) is 4.79 Å². The predicted octanol–water partition coefficient (Wildman–Crippen LogP) is 3.12. The van der Waals surface area contributed by atoms with Crippen LogP contribution in [0.5, 0.6) is 0 Å². The van der Waals surface area contributed by atoms with Gasteiger partial charge in [-0.2, -0.15) is 0 Å². The monoisotopic (exact) mass is 426 g/mol. The molecule has 2 fully saturated rings. The third-order valence-corrected chi connectivity index (χ3v) is 6.17. The fourth-order valence-corrected chi connectivity index (χ4v) is 4.04. The molecule has 1 aliphatic carbocycles. The molecular formula is C22H23ClN4O3. The number of pyridine rings is 1. The van der Waals surface area contributed by atoms with Crippen molar-refractivity contribution in [3.05, 3.63) is 58.9 Å². The molecule has 0 bridgehead atoms. The molecule has 1 aromatic carbocycles. The molecule has 1 aromatic heterocycles. The fourth-order valence-electron chi connectivity index (χ4n) is 3.83. The highest BCUT2D eigenvalue weighted by atomic mass is 35.5. The average Bonchev–Trinajstić information content (AvgIpc) is 2.73. The molecular weight excluding hydrogens is 404 g/mol. The van der Waals surface area contributed by atoms with Gasteiger partial charge in [0.05, 0.1) is 22.5 Å². The van der Waals surface area contributed by atoms with Crippen molar-refractivity contribution < 1.29 is 14.7 Å². The number of rotatable bonds is 5. The number of carbonyl (C=O) groups is 2. The molecule has 1 aliphatic heterocycles. The number of aliphatic imine (C=N–C) groups is 1. The first-order chi connectivity index (χ1) is 14.5. The van der Waals surface area contributed by atoms with E-state index in [2.05, 4.69) is 14.9 Å². The Hall–Kier alpha value is -2.93. The summed E-state index contributed by atoms with van der Waals surface area (Å²) in [5.41, 5.74) is 1.05. The number of anilines is 1. The number of hydrogen-bond donors (Lipinski definition) is 1. The molecule has 0 spiro atoms. The van der Waals surface area contributed by atoms with E-state index in [-0.39, 0.29) is 5.91 Å². The quantitative estimate of drug-likeness (QED) is 0.742. The third-order valence-electron chi connectivity index (χ3n) is 5.84. The number of hydrogen-bond acceptors (Lipinski definition) is 5. The van der Waals surface area contributed by atoms with Crippen molar-refractivity contribution >= 4 is 35.4 Å². The molecule has 0 unspecified atom stereocenters. The van der Waals surface area contributed by atoms with Crippen molar-refractivity contribution in [2.75, 3.05) is 31.1 Å². The minimum atomic E-state index is -1.01. The first-order valence-corrected chi connectivity index (χ1v) is 10.4. The van der Waals surface area contributed by atoms with Crippen molar-refractivity contribution in [2.45, 2.75) is 24.8 Å². The van der Waals surface area contributed by atoms with Crippen LogP contribution >= 0.6 is 11.6 Å². The number of aliphatic carboxylic acids is 1. The van der Waals surface area contributed by atoms with Gasteiger partial charge in [0.2, 0.25) is 0 Å². The van der Waals surface area contributed by atoms with Crippen molar-refractivity contribution in [3.63, 3.8) is 0 Å². The summed E-state index contributed by atoms with van der Waals surface area (Å²) in [4.78, 5) is 37.1. The maximum atomic E-state index is 12.8. The normalized spacial score (nSPS) is 18.3. The molecule has 0 atom stereocenters. The molecule has 1 N–H and O–H groups in total. The number of carboxylic acids is 1. The zero-order valence-corrected chi connectivity index (χ0v) is 17.3. The molecule has 2 heterocycles. The van der Waals surface area contributed by atoms with E-state index in [1.807, 2.05) is 18.2 Å². The Morgan fingerprint density at radius 2 is 1.83 bits per heavy atom. The van der Waals surface area contributed by atoms with Gasteiger partial charge in [-0.25, -0.2) is 4.79 Å². The van der Waals surface area contributed by atoms with Gasteiger partial charge in [-0.1, -0.05) is 23.7 Å². The van der Waals surface area contributed by atoms with Gasteiger partial charge in [-0.15, -0.1) is 0 Å². The molecule has 8 heteroatoms. The van der Waals surface area contributed by atoms with E-state index in [4.69, 9.17) is 11.6 Å². The van der Waals surface area contributed by atoms with Gasteiger partial charge in [0.1, 0.15) is 5.69 Å². The summed E-state index contributed by atoms with van der Waals surface area (Å²) in [7, 11) is 0. The molecule has 1 saturated carbocycles. The van der Waals surface area contributed by atoms with Gasteiger partial charge in [0.15, 0.2) is 5.54 Å². The zero-order valence-electron chi connectivity index (χ0n) is 16.5. The van der Waals surface area contributed by atoms with E-state index in [1.54, 1.807) is 35.5 Å². The minimum absolute atomic E-state index is 0.0680. The summed E-state index contributed by atoms with van der Waals surface area (Å²) in [5, 5.41) is 9.94. The Kier molecular flexibility index (Phi) is 5.72. The molecule has 0 radical (unpaired) electrons. The van der Waals surface area contributed by atoms with Crippen LogP contribution in [0.1, 0.15) is 35.3 Å². The van der Waals surface area contributed by atoms with Crippen LogP contribution in [0.25, 0.3) is 0 Å².